The standard InChI is InChI=1S/C19H21N3OS/c1-3-15-8-7-11-17(14-15)23-12-13-24-19-21-20-18(22(19)2)16-9-5-4-6-10-16/h4-11,14H,3,12-13H2,1-2H3. The number of rotatable bonds is 7. The molecular weight excluding hydrogens is 318 g/mol. The highest BCUT2D eigenvalue weighted by molar-refractivity contribution is 7.99. The zero-order valence-electron chi connectivity index (χ0n) is 14.0. The molecule has 0 aliphatic heterocycles. The molecule has 0 aliphatic carbocycles. The quantitative estimate of drug-likeness (QED) is 0.477. The summed E-state index contributed by atoms with van der Waals surface area (Å²) in [6.07, 6.45) is 1.02. The zero-order chi connectivity index (χ0) is 16.8. The molecule has 0 atom stereocenters. The van der Waals surface area contributed by atoms with Gasteiger partial charge < -0.3 is 9.30 Å². The van der Waals surface area contributed by atoms with Crippen molar-refractivity contribution in [2.75, 3.05) is 12.4 Å². The van der Waals surface area contributed by atoms with Crippen LogP contribution in [-0.2, 0) is 13.5 Å². The van der Waals surface area contributed by atoms with E-state index in [4.69, 9.17) is 4.74 Å². The predicted octanol–water partition coefficient (Wildman–Crippen LogP) is 4.22. The van der Waals surface area contributed by atoms with E-state index in [0.29, 0.717) is 6.61 Å². The van der Waals surface area contributed by atoms with Crippen molar-refractivity contribution in [1.29, 1.82) is 0 Å². The summed E-state index contributed by atoms with van der Waals surface area (Å²) >= 11 is 1.66. The molecule has 0 saturated carbocycles. The minimum absolute atomic E-state index is 0.644. The highest BCUT2D eigenvalue weighted by atomic mass is 32.2. The number of nitrogens with zero attached hydrogens (tertiary/aromatic N) is 3. The van der Waals surface area contributed by atoms with E-state index in [0.717, 1.165) is 34.5 Å². The Kier molecular flexibility index (Phi) is 5.54. The molecular formula is C19H21N3OS. The van der Waals surface area contributed by atoms with Gasteiger partial charge in [-0.1, -0.05) is 61.2 Å². The van der Waals surface area contributed by atoms with Crippen molar-refractivity contribution in [2.24, 2.45) is 7.05 Å². The van der Waals surface area contributed by atoms with Gasteiger partial charge in [0.2, 0.25) is 0 Å². The van der Waals surface area contributed by atoms with Crippen LogP contribution in [0, 0.1) is 0 Å². The van der Waals surface area contributed by atoms with Gasteiger partial charge in [0.15, 0.2) is 11.0 Å². The Morgan fingerprint density at radius 1 is 1.04 bits per heavy atom. The summed E-state index contributed by atoms with van der Waals surface area (Å²) < 4.78 is 7.85. The van der Waals surface area contributed by atoms with Crippen molar-refractivity contribution in [3.05, 3.63) is 60.2 Å². The van der Waals surface area contributed by atoms with Gasteiger partial charge in [-0.2, -0.15) is 0 Å². The number of aromatic nitrogens is 3. The van der Waals surface area contributed by atoms with Crippen LogP contribution in [0.1, 0.15) is 12.5 Å². The number of aryl methyl sites for hydroxylation is 1. The van der Waals surface area contributed by atoms with Crippen molar-refractivity contribution < 1.29 is 4.74 Å². The molecule has 0 aliphatic rings. The molecule has 3 rings (SSSR count). The van der Waals surface area contributed by atoms with Crippen LogP contribution in [0.5, 0.6) is 5.75 Å². The maximum atomic E-state index is 5.82. The van der Waals surface area contributed by atoms with E-state index in [1.807, 2.05) is 54.1 Å². The summed E-state index contributed by atoms with van der Waals surface area (Å²) in [6, 6.07) is 18.4. The predicted molar refractivity (Wildman–Crippen MR) is 98.5 cm³/mol. The normalized spacial score (nSPS) is 10.8. The van der Waals surface area contributed by atoms with Gasteiger partial charge in [-0.25, -0.2) is 0 Å². The number of thioether (sulfide) groups is 1. The second-order valence-corrected chi connectivity index (χ2v) is 6.49. The topological polar surface area (TPSA) is 39.9 Å². The summed E-state index contributed by atoms with van der Waals surface area (Å²) in [4.78, 5) is 0. The first-order chi connectivity index (χ1) is 11.8. The van der Waals surface area contributed by atoms with Crippen molar-refractivity contribution >= 4 is 11.8 Å². The molecule has 5 heteroatoms. The highest BCUT2D eigenvalue weighted by Crippen LogP contribution is 2.22. The van der Waals surface area contributed by atoms with Crippen molar-refractivity contribution in [3.63, 3.8) is 0 Å². The van der Waals surface area contributed by atoms with E-state index in [1.54, 1.807) is 11.8 Å². The average Bonchev–Trinajstić information content (AvgIpc) is 3.00. The van der Waals surface area contributed by atoms with Crippen molar-refractivity contribution in [3.8, 4) is 17.1 Å². The van der Waals surface area contributed by atoms with E-state index < -0.39 is 0 Å². The van der Waals surface area contributed by atoms with E-state index >= 15 is 0 Å². The molecule has 0 spiro atoms. The van der Waals surface area contributed by atoms with Crippen LogP contribution in [0.3, 0.4) is 0 Å². The smallest absolute Gasteiger partial charge is 0.191 e. The summed E-state index contributed by atoms with van der Waals surface area (Å²) in [6.45, 7) is 2.79. The molecule has 1 aromatic heterocycles. The molecule has 0 amide bonds. The summed E-state index contributed by atoms with van der Waals surface area (Å²) in [7, 11) is 2.00. The van der Waals surface area contributed by atoms with Gasteiger partial charge in [-0.05, 0) is 24.1 Å². The number of hydrogen-bond donors (Lipinski definition) is 0. The minimum Gasteiger partial charge on any atom is -0.493 e. The van der Waals surface area contributed by atoms with Gasteiger partial charge >= 0.3 is 0 Å². The number of ether oxygens (including phenoxy) is 1. The van der Waals surface area contributed by atoms with Crippen LogP contribution in [0.25, 0.3) is 11.4 Å². The van der Waals surface area contributed by atoms with Crippen LogP contribution >= 0.6 is 11.8 Å². The Bertz CT molecular complexity index is 786. The summed E-state index contributed by atoms with van der Waals surface area (Å²) in [5.74, 6) is 2.64. The summed E-state index contributed by atoms with van der Waals surface area (Å²) in [5, 5.41) is 9.48. The molecule has 0 unspecified atom stereocenters. The third-order valence-electron chi connectivity index (χ3n) is 3.76. The van der Waals surface area contributed by atoms with Gasteiger partial charge in [0.25, 0.3) is 0 Å². The largest absolute Gasteiger partial charge is 0.493 e. The van der Waals surface area contributed by atoms with Crippen molar-refractivity contribution in [1.82, 2.24) is 14.8 Å². The second kappa shape index (κ2) is 8.02. The molecule has 2 aromatic carbocycles. The fourth-order valence-corrected chi connectivity index (χ4v) is 3.15. The lowest BCUT2D eigenvalue weighted by atomic mass is 10.2. The highest BCUT2D eigenvalue weighted by Gasteiger charge is 2.10. The number of benzene rings is 2. The fraction of sp³-hybridized carbons (Fsp3) is 0.263. The molecule has 0 saturated heterocycles. The Hall–Kier alpha value is -2.27. The Morgan fingerprint density at radius 2 is 1.88 bits per heavy atom. The van der Waals surface area contributed by atoms with E-state index in [-0.39, 0.29) is 0 Å². The molecule has 0 bridgehead atoms. The molecule has 0 radical (unpaired) electrons. The monoisotopic (exact) mass is 339 g/mol. The zero-order valence-corrected chi connectivity index (χ0v) is 14.8. The maximum absolute atomic E-state index is 5.82. The Labute approximate surface area is 146 Å². The fourth-order valence-electron chi connectivity index (χ4n) is 2.43. The van der Waals surface area contributed by atoms with Crippen LogP contribution in [0.4, 0.5) is 0 Å². The van der Waals surface area contributed by atoms with Gasteiger partial charge in [0.1, 0.15) is 5.75 Å². The molecule has 3 aromatic rings. The molecule has 1 heterocycles. The third-order valence-corrected chi connectivity index (χ3v) is 4.74. The minimum atomic E-state index is 0.644. The van der Waals surface area contributed by atoms with Crippen LogP contribution in [-0.4, -0.2) is 27.1 Å². The summed E-state index contributed by atoms with van der Waals surface area (Å²) in [5.41, 5.74) is 2.37. The number of hydrogen-bond acceptors (Lipinski definition) is 4. The van der Waals surface area contributed by atoms with Gasteiger partial charge in [0, 0.05) is 18.4 Å². The first kappa shape index (κ1) is 16.6. The third kappa shape index (κ3) is 3.97. The first-order valence-corrected chi connectivity index (χ1v) is 9.06. The van der Waals surface area contributed by atoms with Crippen LogP contribution in [0.2, 0.25) is 0 Å². The lowest BCUT2D eigenvalue weighted by Crippen LogP contribution is -2.02. The molecule has 4 nitrogen and oxygen atoms in total. The van der Waals surface area contributed by atoms with E-state index in [1.165, 1.54) is 5.56 Å². The molecule has 0 fully saturated rings. The van der Waals surface area contributed by atoms with Crippen LogP contribution in [0.15, 0.2) is 59.8 Å². The first-order valence-electron chi connectivity index (χ1n) is 8.07. The van der Waals surface area contributed by atoms with Gasteiger partial charge in [-0.3, -0.25) is 0 Å². The second-order valence-electron chi connectivity index (χ2n) is 5.43. The van der Waals surface area contributed by atoms with Crippen molar-refractivity contribution in [2.45, 2.75) is 18.5 Å². The van der Waals surface area contributed by atoms with E-state index in [9.17, 15) is 0 Å². The molecule has 0 N–H and O–H groups in total. The molecule has 24 heavy (non-hydrogen) atoms. The van der Waals surface area contributed by atoms with Crippen LogP contribution < -0.4 is 4.74 Å². The molecule has 124 valence electrons. The SMILES string of the molecule is CCc1cccc(OCCSc2nnc(-c3ccccc3)n2C)c1. The Morgan fingerprint density at radius 3 is 2.67 bits per heavy atom. The lowest BCUT2D eigenvalue weighted by Gasteiger charge is -2.07. The maximum Gasteiger partial charge on any atom is 0.191 e. The Balaban J connectivity index is 1.55. The van der Waals surface area contributed by atoms with Gasteiger partial charge in [0.05, 0.1) is 6.61 Å². The average molecular weight is 339 g/mol. The van der Waals surface area contributed by atoms with E-state index in [2.05, 4.69) is 29.3 Å². The van der Waals surface area contributed by atoms with Gasteiger partial charge in [-0.15, -0.1) is 10.2 Å². The lowest BCUT2D eigenvalue weighted by molar-refractivity contribution is 0.343.